The van der Waals surface area contributed by atoms with Crippen LogP contribution in [0.2, 0.25) is 5.02 Å². The fourth-order valence-electron chi connectivity index (χ4n) is 2.21. The van der Waals surface area contributed by atoms with Crippen LogP contribution in [0.4, 0.5) is 0 Å². The van der Waals surface area contributed by atoms with Gasteiger partial charge in [-0.1, -0.05) is 29.8 Å². The highest BCUT2D eigenvalue weighted by Crippen LogP contribution is 2.28. The molecule has 2 aromatic rings. The Kier molecular flexibility index (Phi) is 6.48. The van der Waals surface area contributed by atoms with Crippen LogP contribution in [0.1, 0.15) is 12.5 Å². The van der Waals surface area contributed by atoms with Crippen molar-refractivity contribution in [3.05, 3.63) is 53.1 Å². The van der Waals surface area contributed by atoms with Crippen LogP contribution in [-0.4, -0.2) is 28.7 Å². The fourth-order valence-corrected chi connectivity index (χ4v) is 3.76. The van der Waals surface area contributed by atoms with Crippen molar-refractivity contribution in [3.8, 4) is 11.5 Å². The summed E-state index contributed by atoms with van der Waals surface area (Å²) in [6, 6.07) is 11.9. The van der Waals surface area contributed by atoms with Crippen molar-refractivity contribution in [3.63, 3.8) is 0 Å². The first-order chi connectivity index (χ1) is 11.5. The van der Waals surface area contributed by atoms with E-state index >= 15 is 0 Å². The van der Waals surface area contributed by atoms with E-state index in [0.29, 0.717) is 24.5 Å². The smallest absolute Gasteiger partial charge is 0.242 e. The van der Waals surface area contributed by atoms with Crippen molar-refractivity contribution in [2.24, 2.45) is 0 Å². The fraction of sp³-hybridized carbons (Fsp3) is 0.294. The molecule has 0 unspecified atom stereocenters. The topological polar surface area (TPSA) is 64.6 Å². The van der Waals surface area contributed by atoms with Crippen LogP contribution >= 0.6 is 11.6 Å². The zero-order valence-corrected chi connectivity index (χ0v) is 15.2. The zero-order valence-electron chi connectivity index (χ0n) is 13.6. The van der Waals surface area contributed by atoms with E-state index in [-0.39, 0.29) is 16.5 Å². The molecule has 130 valence electrons. The van der Waals surface area contributed by atoms with Gasteiger partial charge in [-0.05, 0) is 43.2 Å². The lowest BCUT2D eigenvalue weighted by atomic mass is 10.1. The third-order valence-electron chi connectivity index (χ3n) is 3.36. The summed E-state index contributed by atoms with van der Waals surface area (Å²) in [4.78, 5) is 0.0796. The molecule has 0 saturated heterocycles. The summed E-state index contributed by atoms with van der Waals surface area (Å²) in [5, 5.41) is 0.202. The molecule has 2 aromatic carbocycles. The highest BCUT2D eigenvalue weighted by Gasteiger charge is 2.16. The van der Waals surface area contributed by atoms with Crippen molar-refractivity contribution in [1.82, 2.24) is 4.72 Å². The minimum Gasteiger partial charge on any atom is -0.493 e. The van der Waals surface area contributed by atoms with Gasteiger partial charge in [-0.2, -0.15) is 0 Å². The number of hydrogen-bond acceptors (Lipinski definition) is 4. The lowest BCUT2D eigenvalue weighted by Crippen LogP contribution is -2.26. The zero-order chi connectivity index (χ0) is 17.6. The lowest BCUT2D eigenvalue weighted by molar-refractivity contribution is 0.310. The predicted molar refractivity (Wildman–Crippen MR) is 94.5 cm³/mol. The van der Waals surface area contributed by atoms with E-state index in [2.05, 4.69) is 4.72 Å². The average Bonchev–Trinajstić information content (AvgIpc) is 2.56. The Balaban J connectivity index is 2.03. The van der Waals surface area contributed by atoms with Gasteiger partial charge in [-0.3, -0.25) is 0 Å². The highest BCUT2D eigenvalue weighted by atomic mass is 35.5. The average molecular weight is 370 g/mol. The summed E-state index contributed by atoms with van der Waals surface area (Å²) >= 11 is 5.94. The molecule has 0 aromatic heterocycles. The molecule has 2 rings (SSSR count). The van der Waals surface area contributed by atoms with Crippen molar-refractivity contribution in [1.29, 1.82) is 0 Å². The Morgan fingerprint density at radius 3 is 2.54 bits per heavy atom. The van der Waals surface area contributed by atoms with Crippen LogP contribution in [0.5, 0.6) is 11.5 Å². The molecular weight excluding hydrogens is 350 g/mol. The molecule has 7 heteroatoms. The maximum absolute atomic E-state index is 12.3. The SMILES string of the molecule is CCOc1ccc(CCNS(=O)(=O)c2ccccc2Cl)cc1OC. The van der Waals surface area contributed by atoms with Crippen LogP contribution in [0.25, 0.3) is 0 Å². The van der Waals surface area contributed by atoms with Gasteiger partial charge in [-0.25, -0.2) is 13.1 Å². The summed E-state index contributed by atoms with van der Waals surface area (Å²) in [7, 11) is -2.06. The van der Waals surface area contributed by atoms with Gasteiger partial charge >= 0.3 is 0 Å². The molecule has 0 bridgehead atoms. The van der Waals surface area contributed by atoms with E-state index in [9.17, 15) is 8.42 Å². The molecule has 0 aliphatic rings. The Morgan fingerprint density at radius 2 is 1.88 bits per heavy atom. The van der Waals surface area contributed by atoms with E-state index in [4.69, 9.17) is 21.1 Å². The first-order valence-corrected chi connectivity index (χ1v) is 9.38. The molecule has 0 aliphatic heterocycles. The number of halogens is 1. The van der Waals surface area contributed by atoms with Gasteiger partial charge in [0.2, 0.25) is 10.0 Å². The van der Waals surface area contributed by atoms with Crippen molar-refractivity contribution in [2.75, 3.05) is 20.3 Å². The third-order valence-corrected chi connectivity index (χ3v) is 5.32. The number of benzene rings is 2. The Hall–Kier alpha value is -1.76. The summed E-state index contributed by atoms with van der Waals surface area (Å²) in [5.74, 6) is 1.30. The summed E-state index contributed by atoms with van der Waals surface area (Å²) in [5.41, 5.74) is 0.942. The molecule has 5 nitrogen and oxygen atoms in total. The quantitative estimate of drug-likeness (QED) is 0.775. The lowest BCUT2D eigenvalue weighted by Gasteiger charge is -2.12. The molecule has 0 heterocycles. The second kappa shape index (κ2) is 8.37. The second-order valence-corrected chi connectivity index (χ2v) is 7.14. The Labute approximate surface area is 147 Å². The molecule has 0 radical (unpaired) electrons. The molecule has 0 fully saturated rings. The summed E-state index contributed by atoms with van der Waals surface area (Å²) in [6.07, 6.45) is 0.520. The maximum atomic E-state index is 12.3. The van der Waals surface area contributed by atoms with Crippen LogP contribution in [0.3, 0.4) is 0 Å². The first-order valence-electron chi connectivity index (χ1n) is 7.52. The standard InChI is InChI=1S/C17H20ClNO4S/c1-3-23-15-9-8-13(12-16(15)22-2)10-11-19-24(20,21)17-7-5-4-6-14(17)18/h4-9,12,19H,3,10-11H2,1-2H3. The monoisotopic (exact) mass is 369 g/mol. The van der Waals surface area contributed by atoms with Crippen LogP contribution < -0.4 is 14.2 Å². The van der Waals surface area contributed by atoms with E-state index in [1.807, 2.05) is 25.1 Å². The molecule has 0 spiro atoms. The predicted octanol–water partition coefficient (Wildman–Crippen LogP) is 3.27. The van der Waals surface area contributed by atoms with Gasteiger partial charge in [0.15, 0.2) is 11.5 Å². The number of methoxy groups -OCH3 is 1. The van der Waals surface area contributed by atoms with Gasteiger partial charge in [0, 0.05) is 6.54 Å². The third kappa shape index (κ3) is 4.63. The Bertz CT molecular complexity index is 793. The first kappa shape index (κ1) is 18.6. The van der Waals surface area contributed by atoms with Gasteiger partial charge < -0.3 is 9.47 Å². The van der Waals surface area contributed by atoms with Gasteiger partial charge in [0.1, 0.15) is 4.90 Å². The second-order valence-electron chi connectivity index (χ2n) is 5.00. The van der Waals surface area contributed by atoms with Crippen molar-refractivity contribution >= 4 is 21.6 Å². The van der Waals surface area contributed by atoms with Crippen LogP contribution in [-0.2, 0) is 16.4 Å². The number of hydrogen-bond donors (Lipinski definition) is 1. The normalized spacial score (nSPS) is 11.3. The molecule has 24 heavy (non-hydrogen) atoms. The van der Waals surface area contributed by atoms with Gasteiger partial charge in [-0.15, -0.1) is 0 Å². The van der Waals surface area contributed by atoms with E-state index in [1.54, 1.807) is 25.3 Å². The van der Waals surface area contributed by atoms with E-state index in [0.717, 1.165) is 5.56 Å². The van der Waals surface area contributed by atoms with Crippen molar-refractivity contribution in [2.45, 2.75) is 18.2 Å². The number of rotatable bonds is 8. The largest absolute Gasteiger partial charge is 0.493 e. The van der Waals surface area contributed by atoms with E-state index in [1.165, 1.54) is 6.07 Å². The van der Waals surface area contributed by atoms with E-state index < -0.39 is 10.0 Å². The number of ether oxygens (including phenoxy) is 2. The number of sulfonamides is 1. The minimum absolute atomic E-state index is 0.0796. The minimum atomic E-state index is -3.63. The molecule has 1 N–H and O–H groups in total. The van der Waals surface area contributed by atoms with Gasteiger partial charge in [0.25, 0.3) is 0 Å². The van der Waals surface area contributed by atoms with Crippen molar-refractivity contribution < 1.29 is 17.9 Å². The highest BCUT2D eigenvalue weighted by molar-refractivity contribution is 7.89. The molecule has 0 amide bonds. The number of nitrogens with one attached hydrogen (secondary N) is 1. The van der Waals surface area contributed by atoms with Crippen LogP contribution in [0, 0.1) is 0 Å². The molecular formula is C17H20ClNO4S. The summed E-state index contributed by atoms with van der Waals surface area (Å²) < 4.78 is 37.8. The molecule has 0 aliphatic carbocycles. The van der Waals surface area contributed by atoms with Gasteiger partial charge in [0.05, 0.1) is 18.7 Å². The molecule has 0 atom stereocenters. The Morgan fingerprint density at radius 1 is 1.12 bits per heavy atom. The maximum Gasteiger partial charge on any atom is 0.242 e. The summed E-state index contributed by atoms with van der Waals surface area (Å²) in [6.45, 7) is 2.70. The van der Waals surface area contributed by atoms with Crippen LogP contribution in [0.15, 0.2) is 47.4 Å². The molecule has 0 saturated carbocycles.